The minimum absolute atomic E-state index is 0.0837. The molecule has 0 saturated carbocycles. The number of aromatic nitrogens is 2. The van der Waals surface area contributed by atoms with Crippen LogP contribution in [0.4, 0.5) is 0 Å². The second-order valence-corrected chi connectivity index (χ2v) is 5.70. The van der Waals surface area contributed by atoms with Crippen molar-refractivity contribution >= 4 is 21.1 Å². The van der Waals surface area contributed by atoms with Crippen molar-refractivity contribution in [3.05, 3.63) is 36.2 Å². The number of rotatable bonds is 4. The van der Waals surface area contributed by atoms with Crippen molar-refractivity contribution in [2.45, 2.75) is 13.5 Å². The van der Waals surface area contributed by atoms with Gasteiger partial charge in [0.05, 0.1) is 16.8 Å². The van der Waals surface area contributed by atoms with Gasteiger partial charge in [0.2, 0.25) is 10.0 Å². The van der Waals surface area contributed by atoms with E-state index in [0.717, 1.165) is 16.6 Å². The van der Waals surface area contributed by atoms with E-state index in [2.05, 4.69) is 14.7 Å². The third kappa shape index (κ3) is 2.98. The van der Waals surface area contributed by atoms with Gasteiger partial charge in [-0.2, -0.15) is 0 Å². The van der Waals surface area contributed by atoms with Crippen LogP contribution in [-0.2, 0) is 16.6 Å². The molecule has 0 aliphatic heterocycles. The predicted molar refractivity (Wildman–Crippen MR) is 65.8 cm³/mol. The molecule has 2 rings (SSSR count). The Morgan fingerprint density at radius 3 is 2.59 bits per heavy atom. The maximum Gasteiger partial charge on any atom is 0.211 e. The smallest absolute Gasteiger partial charge is 0.211 e. The average Bonchev–Trinajstić information content (AvgIpc) is 2.36. The van der Waals surface area contributed by atoms with Crippen molar-refractivity contribution < 1.29 is 8.42 Å². The van der Waals surface area contributed by atoms with E-state index in [9.17, 15) is 8.42 Å². The average molecular weight is 251 g/mol. The topological polar surface area (TPSA) is 72.0 Å². The van der Waals surface area contributed by atoms with E-state index in [1.54, 1.807) is 19.3 Å². The van der Waals surface area contributed by atoms with Crippen LogP contribution in [0.3, 0.4) is 0 Å². The van der Waals surface area contributed by atoms with E-state index < -0.39 is 10.0 Å². The lowest BCUT2D eigenvalue weighted by Gasteiger charge is -2.05. The Kier molecular flexibility index (Phi) is 3.35. The quantitative estimate of drug-likeness (QED) is 0.882. The largest absolute Gasteiger partial charge is 0.253 e. The second-order valence-electron chi connectivity index (χ2n) is 3.60. The molecule has 0 atom stereocenters. The molecule has 1 heterocycles. The monoisotopic (exact) mass is 251 g/mol. The standard InChI is InChI=1S/C11H13N3O2S/c1-2-17(15,16)14-8-9-3-4-10-11(7-9)13-6-5-12-10/h3-7,14H,2,8H2,1H3. The van der Waals surface area contributed by atoms with E-state index in [1.807, 2.05) is 18.2 Å². The van der Waals surface area contributed by atoms with Crippen LogP contribution in [0.25, 0.3) is 11.0 Å². The summed E-state index contributed by atoms with van der Waals surface area (Å²) in [7, 11) is -3.16. The molecule has 0 amide bonds. The number of nitrogens with one attached hydrogen (secondary N) is 1. The van der Waals surface area contributed by atoms with Gasteiger partial charge in [-0.05, 0) is 24.6 Å². The summed E-state index contributed by atoms with van der Waals surface area (Å²) in [6, 6.07) is 5.51. The summed E-state index contributed by atoms with van der Waals surface area (Å²) < 4.78 is 25.1. The van der Waals surface area contributed by atoms with Gasteiger partial charge in [-0.3, -0.25) is 9.97 Å². The lowest BCUT2D eigenvalue weighted by atomic mass is 10.2. The Balaban J connectivity index is 2.20. The lowest BCUT2D eigenvalue weighted by Crippen LogP contribution is -2.24. The molecule has 5 nitrogen and oxygen atoms in total. The third-order valence-corrected chi connectivity index (χ3v) is 3.75. The Morgan fingerprint density at radius 1 is 1.18 bits per heavy atom. The highest BCUT2D eigenvalue weighted by Gasteiger charge is 2.06. The number of hydrogen-bond donors (Lipinski definition) is 1. The molecular formula is C11H13N3O2S. The molecule has 2 aromatic rings. The third-order valence-electron chi connectivity index (χ3n) is 2.41. The van der Waals surface area contributed by atoms with Gasteiger partial charge in [0, 0.05) is 18.9 Å². The Labute approximate surface area is 100.0 Å². The molecule has 0 unspecified atom stereocenters. The van der Waals surface area contributed by atoms with Crippen LogP contribution in [0.2, 0.25) is 0 Å². The zero-order valence-corrected chi connectivity index (χ0v) is 10.2. The van der Waals surface area contributed by atoms with Gasteiger partial charge in [-0.25, -0.2) is 13.1 Å². The Bertz CT molecular complexity index is 625. The van der Waals surface area contributed by atoms with Gasteiger partial charge in [0.15, 0.2) is 0 Å². The number of nitrogens with zero attached hydrogens (tertiary/aromatic N) is 2. The lowest BCUT2D eigenvalue weighted by molar-refractivity contribution is 0.582. The zero-order chi connectivity index (χ0) is 12.3. The molecular weight excluding hydrogens is 238 g/mol. The van der Waals surface area contributed by atoms with Crippen LogP contribution in [0.5, 0.6) is 0 Å². The fourth-order valence-electron chi connectivity index (χ4n) is 1.41. The fourth-order valence-corrected chi connectivity index (χ4v) is 2.00. The van der Waals surface area contributed by atoms with Crippen LogP contribution >= 0.6 is 0 Å². The van der Waals surface area contributed by atoms with Gasteiger partial charge >= 0.3 is 0 Å². The number of sulfonamides is 1. The first kappa shape index (κ1) is 11.9. The van der Waals surface area contributed by atoms with Crippen molar-refractivity contribution in [3.8, 4) is 0 Å². The summed E-state index contributed by atoms with van der Waals surface area (Å²) >= 11 is 0. The maximum absolute atomic E-state index is 11.3. The molecule has 1 aromatic heterocycles. The summed E-state index contributed by atoms with van der Waals surface area (Å²) in [6.07, 6.45) is 3.24. The molecule has 0 radical (unpaired) electrons. The van der Waals surface area contributed by atoms with Crippen LogP contribution in [0.15, 0.2) is 30.6 Å². The highest BCUT2D eigenvalue weighted by Crippen LogP contribution is 2.10. The van der Waals surface area contributed by atoms with E-state index in [1.165, 1.54) is 0 Å². The SMILES string of the molecule is CCS(=O)(=O)NCc1ccc2nccnc2c1. The van der Waals surface area contributed by atoms with Crippen LogP contribution in [0, 0.1) is 0 Å². The summed E-state index contributed by atoms with van der Waals surface area (Å²) in [5, 5.41) is 0. The minimum Gasteiger partial charge on any atom is -0.253 e. The molecule has 0 aliphatic rings. The highest BCUT2D eigenvalue weighted by molar-refractivity contribution is 7.89. The molecule has 0 saturated heterocycles. The number of benzene rings is 1. The van der Waals surface area contributed by atoms with Gasteiger partial charge in [0.25, 0.3) is 0 Å². The van der Waals surface area contributed by atoms with Crippen LogP contribution in [0.1, 0.15) is 12.5 Å². The summed E-state index contributed by atoms with van der Waals surface area (Å²) in [5.74, 6) is 0.0837. The van der Waals surface area contributed by atoms with E-state index in [0.29, 0.717) is 0 Å². The van der Waals surface area contributed by atoms with Crippen molar-refractivity contribution in [2.24, 2.45) is 0 Å². The fraction of sp³-hybridized carbons (Fsp3) is 0.273. The summed E-state index contributed by atoms with van der Waals surface area (Å²) in [4.78, 5) is 8.31. The van der Waals surface area contributed by atoms with E-state index in [4.69, 9.17) is 0 Å². The van der Waals surface area contributed by atoms with Gasteiger partial charge in [-0.15, -0.1) is 0 Å². The minimum atomic E-state index is -3.16. The summed E-state index contributed by atoms with van der Waals surface area (Å²) in [6.45, 7) is 1.89. The molecule has 0 fully saturated rings. The Morgan fingerprint density at radius 2 is 1.88 bits per heavy atom. The van der Waals surface area contributed by atoms with E-state index >= 15 is 0 Å². The maximum atomic E-state index is 11.3. The molecule has 1 aromatic carbocycles. The molecule has 1 N–H and O–H groups in total. The van der Waals surface area contributed by atoms with Crippen molar-refractivity contribution in [1.29, 1.82) is 0 Å². The highest BCUT2D eigenvalue weighted by atomic mass is 32.2. The van der Waals surface area contributed by atoms with Gasteiger partial charge in [0.1, 0.15) is 0 Å². The Hall–Kier alpha value is -1.53. The first-order chi connectivity index (χ1) is 8.11. The zero-order valence-electron chi connectivity index (χ0n) is 9.42. The molecule has 90 valence electrons. The second kappa shape index (κ2) is 4.77. The molecule has 0 bridgehead atoms. The summed E-state index contributed by atoms with van der Waals surface area (Å²) in [5.41, 5.74) is 2.44. The number of fused-ring (bicyclic) bond motifs is 1. The normalized spacial score (nSPS) is 11.8. The van der Waals surface area contributed by atoms with Gasteiger partial charge in [-0.1, -0.05) is 6.07 Å². The van der Waals surface area contributed by atoms with E-state index in [-0.39, 0.29) is 12.3 Å². The molecule has 0 spiro atoms. The molecule has 6 heteroatoms. The van der Waals surface area contributed by atoms with Crippen molar-refractivity contribution in [1.82, 2.24) is 14.7 Å². The van der Waals surface area contributed by atoms with Crippen molar-refractivity contribution in [3.63, 3.8) is 0 Å². The predicted octanol–water partition coefficient (Wildman–Crippen LogP) is 1.07. The van der Waals surface area contributed by atoms with Crippen LogP contribution < -0.4 is 4.72 Å². The molecule has 0 aliphatic carbocycles. The van der Waals surface area contributed by atoms with Gasteiger partial charge < -0.3 is 0 Å². The molecule has 17 heavy (non-hydrogen) atoms. The first-order valence-corrected chi connectivity index (χ1v) is 6.93. The van der Waals surface area contributed by atoms with Crippen LogP contribution in [-0.4, -0.2) is 24.1 Å². The number of hydrogen-bond acceptors (Lipinski definition) is 4. The van der Waals surface area contributed by atoms with Crippen molar-refractivity contribution in [2.75, 3.05) is 5.75 Å². The first-order valence-electron chi connectivity index (χ1n) is 5.28.